The zero-order valence-electron chi connectivity index (χ0n) is 26.3. The first-order valence-corrected chi connectivity index (χ1v) is 14.9. The molecule has 214 valence electrons. The van der Waals surface area contributed by atoms with Crippen LogP contribution in [0.2, 0.25) is 0 Å². The van der Waals surface area contributed by atoms with Crippen LogP contribution in [-0.2, 0) is 16.2 Å². The summed E-state index contributed by atoms with van der Waals surface area (Å²) in [7, 11) is 0. The van der Waals surface area contributed by atoms with E-state index in [0.717, 1.165) is 16.8 Å². The second-order valence-corrected chi connectivity index (χ2v) is 14.5. The standard InChI is InChI=1S/C38H41N3O/c1-36(2,3)25-22-29(37(4,5)6)33(30(23-25)38(7,8)9)35-40-39-34(42-35)24-18-20-26(21-19-24)41-31-16-12-10-14-27(31)28-15-11-13-17-32(28)41/h10-23H,1-9H3. The highest BCUT2D eigenvalue weighted by molar-refractivity contribution is 6.09. The Morgan fingerprint density at radius 1 is 0.548 bits per heavy atom. The molecule has 0 radical (unpaired) electrons. The second kappa shape index (κ2) is 9.69. The van der Waals surface area contributed by atoms with E-state index in [1.165, 1.54) is 38.5 Å². The first-order chi connectivity index (χ1) is 19.7. The molecule has 0 spiro atoms. The van der Waals surface area contributed by atoms with Crippen molar-refractivity contribution in [2.75, 3.05) is 0 Å². The van der Waals surface area contributed by atoms with Gasteiger partial charge in [-0.15, -0.1) is 10.2 Å². The van der Waals surface area contributed by atoms with E-state index in [2.05, 4.69) is 162 Å². The van der Waals surface area contributed by atoms with Crippen molar-refractivity contribution in [3.63, 3.8) is 0 Å². The van der Waals surface area contributed by atoms with Crippen LogP contribution in [0.25, 0.3) is 50.4 Å². The molecule has 0 saturated carbocycles. The van der Waals surface area contributed by atoms with Crippen molar-refractivity contribution in [1.82, 2.24) is 14.8 Å². The highest BCUT2D eigenvalue weighted by Crippen LogP contribution is 2.43. The molecule has 42 heavy (non-hydrogen) atoms. The predicted octanol–water partition coefficient (Wildman–Crippen LogP) is 10.4. The van der Waals surface area contributed by atoms with Crippen LogP contribution in [0.3, 0.4) is 0 Å². The average Bonchev–Trinajstić information content (AvgIpc) is 3.54. The third-order valence-electron chi connectivity index (χ3n) is 8.21. The monoisotopic (exact) mass is 555 g/mol. The van der Waals surface area contributed by atoms with Gasteiger partial charge in [-0.05, 0) is 69.3 Å². The van der Waals surface area contributed by atoms with E-state index in [0.29, 0.717) is 11.8 Å². The van der Waals surface area contributed by atoms with Crippen LogP contribution in [0.1, 0.15) is 79.0 Å². The number of hydrogen-bond donors (Lipinski definition) is 0. The maximum atomic E-state index is 6.49. The minimum Gasteiger partial charge on any atom is -0.416 e. The first kappa shape index (κ1) is 28.0. The summed E-state index contributed by atoms with van der Waals surface area (Å²) in [6, 6.07) is 30.2. The van der Waals surface area contributed by atoms with Crippen molar-refractivity contribution < 1.29 is 4.42 Å². The smallest absolute Gasteiger partial charge is 0.248 e. The van der Waals surface area contributed by atoms with Gasteiger partial charge in [0.25, 0.3) is 0 Å². The zero-order chi connectivity index (χ0) is 30.0. The van der Waals surface area contributed by atoms with Gasteiger partial charge in [-0.1, -0.05) is 111 Å². The number of benzene rings is 4. The molecule has 0 bridgehead atoms. The number of hydrogen-bond acceptors (Lipinski definition) is 3. The Hall–Kier alpha value is -4.18. The lowest BCUT2D eigenvalue weighted by Gasteiger charge is -2.32. The molecule has 6 aromatic rings. The summed E-state index contributed by atoms with van der Waals surface area (Å²) in [5, 5.41) is 11.7. The Kier molecular flexibility index (Phi) is 6.45. The highest BCUT2D eigenvalue weighted by Gasteiger charge is 2.32. The molecule has 6 rings (SSSR count). The number of nitrogens with zero attached hydrogens (tertiary/aromatic N) is 3. The molecule has 0 aliphatic carbocycles. The second-order valence-electron chi connectivity index (χ2n) is 14.5. The SMILES string of the molecule is CC(C)(C)c1cc(C(C)(C)C)c(-c2nnc(-c3ccc(-n4c5ccccc5c5ccccc54)cc3)o2)c(C(C)(C)C)c1. The lowest BCUT2D eigenvalue weighted by Crippen LogP contribution is -2.23. The molecule has 0 aliphatic heterocycles. The van der Waals surface area contributed by atoms with Crippen molar-refractivity contribution in [2.24, 2.45) is 0 Å². The molecule has 4 aromatic carbocycles. The lowest BCUT2D eigenvalue weighted by atomic mass is 9.72. The van der Waals surface area contributed by atoms with E-state index in [4.69, 9.17) is 4.42 Å². The van der Waals surface area contributed by atoms with Crippen LogP contribution in [0.5, 0.6) is 0 Å². The minimum absolute atomic E-state index is 0.0245. The Morgan fingerprint density at radius 2 is 1.02 bits per heavy atom. The van der Waals surface area contributed by atoms with E-state index >= 15 is 0 Å². The Balaban J connectivity index is 1.45. The maximum absolute atomic E-state index is 6.49. The molecule has 0 fully saturated rings. The molecule has 4 heteroatoms. The Morgan fingerprint density at radius 3 is 1.50 bits per heavy atom. The Labute approximate surface area is 249 Å². The van der Waals surface area contributed by atoms with Crippen molar-refractivity contribution in [3.05, 3.63) is 102 Å². The van der Waals surface area contributed by atoms with Crippen molar-refractivity contribution in [1.29, 1.82) is 0 Å². The number of fused-ring (bicyclic) bond motifs is 3. The molecule has 0 N–H and O–H groups in total. The summed E-state index contributed by atoms with van der Waals surface area (Å²) in [5.74, 6) is 1.10. The molecule has 0 amide bonds. The van der Waals surface area contributed by atoms with Crippen LogP contribution < -0.4 is 0 Å². The summed E-state index contributed by atoms with van der Waals surface area (Å²) in [6.07, 6.45) is 0. The van der Waals surface area contributed by atoms with Gasteiger partial charge in [0, 0.05) is 27.6 Å². The van der Waals surface area contributed by atoms with Gasteiger partial charge in [-0.25, -0.2) is 0 Å². The molecule has 0 aliphatic rings. The van der Waals surface area contributed by atoms with Gasteiger partial charge in [0.05, 0.1) is 11.0 Å². The lowest BCUT2D eigenvalue weighted by molar-refractivity contribution is 0.537. The van der Waals surface area contributed by atoms with E-state index in [1.54, 1.807) is 0 Å². The average molecular weight is 556 g/mol. The molecule has 0 saturated heterocycles. The van der Waals surface area contributed by atoms with Crippen molar-refractivity contribution in [2.45, 2.75) is 78.6 Å². The zero-order valence-corrected chi connectivity index (χ0v) is 26.3. The number of para-hydroxylation sites is 2. The fourth-order valence-corrected chi connectivity index (χ4v) is 5.88. The summed E-state index contributed by atoms with van der Waals surface area (Å²) in [6.45, 7) is 20.4. The molecular weight excluding hydrogens is 514 g/mol. The Bertz CT molecular complexity index is 1830. The van der Waals surface area contributed by atoms with E-state index < -0.39 is 0 Å². The quantitative estimate of drug-likeness (QED) is 0.218. The normalized spacial score (nSPS) is 12.9. The first-order valence-electron chi connectivity index (χ1n) is 14.9. The fraction of sp³-hybridized carbons (Fsp3) is 0.316. The molecule has 4 nitrogen and oxygen atoms in total. The van der Waals surface area contributed by atoms with Crippen molar-refractivity contribution in [3.8, 4) is 28.6 Å². The summed E-state index contributed by atoms with van der Waals surface area (Å²) >= 11 is 0. The van der Waals surface area contributed by atoms with Gasteiger partial charge in [-0.2, -0.15) is 0 Å². The number of rotatable bonds is 3. The largest absolute Gasteiger partial charge is 0.416 e. The number of aromatic nitrogens is 3. The molecule has 2 heterocycles. The third-order valence-corrected chi connectivity index (χ3v) is 8.21. The minimum atomic E-state index is -0.102. The van der Waals surface area contributed by atoms with E-state index in [1.807, 2.05) is 0 Å². The van der Waals surface area contributed by atoms with Crippen LogP contribution in [0.15, 0.2) is 89.3 Å². The highest BCUT2D eigenvalue weighted by atomic mass is 16.4. The van der Waals surface area contributed by atoms with Gasteiger partial charge in [0.1, 0.15) is 0 Å². The van der Waals surface area contributed by atoms with E-state index in [9.17, 15) is 0 Å². The molecule has 2 aromatic heterocycles. The van der Waals surface area contributed by atoms with Gasteiger partial charge in [-0.3, -0.25) is 0 Å². The van der Waals surface area contributed by atoms with Crippen LogP contribution in [0, 0.1) is 0 Å². The van der Waals surface area contributed by atoms with Gasteiger partial charge < -0.3 is 8.98 Å². The molecule has 0 atom stereocenters. The van der Waals surface area contributed by atoms with Gasteiger partial charge in [0.2, 0.25) is 11.8 Å². The van der Waals surface area contributed by atoms with Crippen LogP contribution in [0.4, 0.5) is 0 Å². The summed E-state index contributed by atoms with van der Waals surface area (Å²) in [5.41, 5.74) is 9.04. The predicted molar refractivity (Wildman–Crippen MR) is 176 cm³/mol. The van der Waals surface area contributed by atoms with Crippen LogP contribution >= 0.6 is 0 Å². The molecular formula is C38H41N3O. The summed E-state index contributed by atoms with van der Waals surface area (Å²) in [4.78, 5) is 0. The van der Waals surface area contributed by atoms with E-state index in [-0.39, 0.29) is 16.2 Å². The summed E-state index contributed by atoms with van der Waals surface area (Å²) < 4.78 is 8.81. The third kappa shape index (κ3) is 4.83. The van der Waals surface area contributed by atoms with Crippen molar-refractivity contribution >= 4 is 21.8 Å². The maximum Gasteiger partial charge on any atom is 0.248 e. The molecule has 0 unspecified atom stereocenters. The topological polar surface area (TPSA) is 43.9 Å². The van der Waals surface area contributed by atoms with Gasteiger partial charge >= 0.3 is 0 Å². The fourth-order valence-electron chi connectivity index (χ4n) is 5.88. The van der Waals surface area contributed by atoms with Gasteiger partial charge in [0.15, 0.2) is 0 Å². The van der Waals surface area contributed by atoms with Crippen LogP contribution in [-0.4, -0.2) is 14.8 Å².